The van der Waals surface area contributed by atoms with Crippen LogP contribution >= 0.6 is 8.25 Å². The van der Waals surface area contributed by atoms with Crippen molar-refractivity contribution in [1.82, 2.24) is 0 Å². The minimum absolute atomic E-state index is 0. The summed E-state index contributed by atoms with van der Waals surface area (Å²) < 4.78 is 20.9. The third-order valence-electron chi connectivity index (χ3n) is 2.25. The van der Waals surface area contributed by atoms with Gasteiger partial charge in [0.05, 0.1) is 13.2 Å². The van der Waals surface area contributed by atoms with E-state index in [2.05, 4.69) is 0 Å². The second-order valence-electron chi connectivity index (χ2n) is 4.41. The molecule has 0 amide bonds. The van der Waals surface area contributed by atoms with Crippen LogP contribution < -0.4 is 0 Å². The molecule has 0 saturated heterocycles. The zero-order valence-corrected chi connectivity index (χ0v) is 14.1. The molecule has 0 bridgehead atoms. The summed E-state index contributed by atoms with van der Waals surface area (Å²) in [6.07, 6.45) is 1.54. The number of rotatable bonds is 12. The first-order chi connectivity index (χ1) is 9.10. The van der Waals surface area contributed by atoms with E-state index in [4.69, 9.17) is 37.8 Å². The van der Waals surface area contributed by atoms with Crippen LogP contribution in [-0.2, 0) is 13.6 Å². The van der Waals surface area contributed by atoms with Gasteiger partial charge in [0.15, 0.2) is 0 Å². The van der Waals surface area contributed by atoms with Crippen LogP contribution in [0.25, 0.3) is 0 Å². The molecular weight excluding hydrogens is 373 g/mol. The van der Waals surface area contributed by atoms with Gasteiger partial charge in [-0.15, -0.1) is 0 Å². The van der Waals surface area contributed by atoms with Crippen molar-refractivity contribution in [2.75, 3.05) is 13.2 Å². The molecule has 0 rings (SSSR count). The van der Waals surface area contributed by atoms with Gasteiger partial charge >= 0.3 is 85.0 Å². The van der Waals surface area contributed by atoms with E-state index < -0.39 is 25.9 Å². The van der Waals surface area contributed by atoms with Gasteiger partial charge in [-0.1, -0.05) is 0 Å². The average Bonchev–Trinajstić information content (AvgIpc) is 2.25. The molecule has 9 nitrogen and oxygen atoms in total. The van der Waals surface area contributed by atoms with E-state index in [9.17, 15) is 4.57 Å². The van der Waals surface area contributed by atoms with Crippen molar-refractivity contribution in [2.45, 2.75) is 37.8 Å². The summed E-state index contributed by atoms with van der Waals surface area (Å²) in [5, 5.41) is 0. The molecule has 0 aromatic carbocycles. The van der Waals surface area contributed by atoms with E-state index in [1.807, 2.05) is 0 Å². The molecule has 0 heterocycles. The SMILES string of the molecule is O=[PH](OCCCC[Si](O)(O)O)OCCCC[Si](O)(O)O.[NaH].[NaH]. The zero-order chi connectivity index (χ0) is 15.6. The Hall–Kier alpha value is 2.34. The van der Waals surface area contributed by atoms with Gasteiger partial charge in [-0.05, 0) is 25.7 Å². The predicted octanol–water partition coefficient (Wildman–Crippen LogP) is -2.50. The monoisotopic (exact) mass is 398 g/mol. The van der Waals surface area contributed by atoms with Gasteiger partial charge in [-0.2, -0.15) is 0 Å². The third kappa shape index (κ3) is 24.6. The Balaban J connectivity index is -0.00000180. The minimum atomic E-state index is -3.99. The maximum atomic E-state index is 11.2. The molecule has 126 valence electrons. The Kier molecular flexibility index (Phi) is 20.6. The van der Waals surface area contributed by atoms with Crippen molar-refractivity contribution in [3.8, 4) is 0 Å². The van der Waals surface area contributed by atoms with Crippen LogP contribution in [0.3, 0.4) is 0 Å². The third-order valence-corrected chi connectivity index (χ3v) is 5.18. The molecule has 0 radical (unpaired) electrons. The Labute approximate surface area is 176 Å². The van der Waals surface area contributed by atoms with Crippen molar-refractivity contribution in [2.24, 2.45) is 0 Å². The van der Waals surface area contributed by atoms with E-state index >= 15 is 0 Å². The molecule has 0 atom stereocenters. The molecule has 0 aromatic heterocycles. The summed E-state index contributed by atoms with van der Waals surface area (Å²) >= 11 is 0. The van der Waals surface area contributed by atoms with Gasteiger partial charge in [0.2, 0.25) is 0 Å². The molecule has 0 saturated carbocycles. The summed E-state index contributed by atoms with van der Waals surface area (Å²) in [5.41, 5.74) is 0. The summed E-state index contributed by atoms with van der Waals surface area (Å²) in [4.78, 5) is 52.4. The molecular formula is C8H25Na2O9PSi2. The van der Waals surface area contributed by atoms with Crippen molar-refractivity contribution in [1.29, 1.82) is 0 Å². The van der Waals surface area contributed by atoms with Crippen molar-refractivity contribution >= 4 is 85.0 Å². The summed E-state index contributed by atoms with van der Waals surface area (Å²) in [7, 11) is -10.6. The topological polar surface area (TPSA) is 157 Å². The van der Waals surface area contributed by atoms with Gasteiger partial charge in [-0.3, -0.25) is 4.57 Å². The van der Waals surface area contributed by atoms with Crippen LogP contribution in [-0.4, -0.2) is 119 Å². The molecule has 0 aromatic rings. The molecule has 0 spiro atoms. The quantitative estimate of drug-likeness (QED) is 0.119. The van der Waals surface area contributed by atoms with Gasteiger partial charge in [-0.25, -0.2) is 0 Å². The molecule has 6 N–H and O–H groups in total. The van der Waals surface area contributed by atoms with E-state index in [-0.39, 0.29) is 84.4 Å². The molecule has 0 fully saturated rings. The molecule has 0 aliphatic carbocycles. The van der Waals surface area contributed by atoms with Gasteiger partial charge in [0.25, 0.3) is 0 Å². The van der Waals surface area contributed by atoms with Crippen LogP contribution in [0.4, 0.5) is 0 Å². The molecule has 0 aliphatic rings. The number of hydrogen-bond donors (Lipinski definition) is 6. The van der Waals surface area contributed by atoms with Gasteiger partial charge in [0.1, 0.15) is 0 Å². The Morgan fingerprint density at radius 1 is 0.682 bits per heavy atom. The predicted molar refractivity (Wildman–Crippen MR) is 88.1 cm³/mol. The zero-order valence-electron chi connectivity index (χ0n) is 11.1. The number of unbranched alkanes of at least 4 members (excludes halogenated alkanes) is 2. The van der Waals surface area contributed by atoms with Crippen molar-refractivity contribution < 1.29 is 42.4 Å². The van der Waals surface area contributed by atoms with Crippen molar-refractivity contribution in [3.05, 3.63) is 0 Å². The molecule has 22 heavy (non-hydrogen) atoms. The van der Waals surface area contributed by atoms with E-state index in [0.717, 1.165) is 0 Å². The van der Waals surface area contributed by atoms with E-state index in [1.54, 1.807) is 0 Å². The van der Waals surface area contributed by atoms with E-state index in [0.29, 0.717) is 25.7 Å². The van der Waals surface area contributed by atoms with Crippen molar-refractivity contribution in [3.63, 3.8) is 0 Å². The summed E-state index contributed by atoms with van der Waals surface area (Å²) in [5.74, 6) is 0. The van der Waals surface area contributed by atoms with Gasteiger partial charge < -0.3 is 37.8 Å². The Morgan fingerprint density at radius 3 is 1.27 bits per heavy atom. The second-order valence-corrected chi connectivity index (χ2v) is 9.58. The van der Waals surface area contributed by atoms with Gasteiger partial charge in [0, 0.05) is 12.1 Å². The van der Waals surface area contributed by atoms with Crippen LogP contribution in [0.5, 0.6) is 0 Å². The first kappa shape index (κ1) is 29.1. The molecule has 0 unspecified atom stereocenters. The van der Waals surface area contributed by atoms with E-state index in [1.165, 1.54) is 0 Å². The molecule has 14 heteroatoms. The Bertz CT molecular complexity index is 262. The fourth-order valence-electron chi connectivity index (χ4n) is 1.28. The maximum absolute atomic E-state index is 11.2. The summed E-state index contributed by atoms with van der Waals surface area (Å²) in [6, 6.07) is -0.180. The normalized spacial score (nSPS) is 12.0. The average molecular weight is 398 g/mol. The second kappa shape index (κ2) is 15.6. The van der Waals surface area contributed by atoms with Crippen LogP contribution in [0, 0.1) is 0 Å². The Morgan fingerprint density at radius 2 is 1.00 bits per heavy atom. The summed E-state index contributed by atoms with van der Waals surface area (Å²) in [6.45, 7) is 0.254. The van der Waals surface area contributed by atoms with Crippen LogP contribution in [0.1, 0.15) is 25.7 Å². The fourth-order valence-corrected chi connectivity index (χ4v) is 3.44. The first-order valence-electron chi connectivity index (χ1n) is 6.24. The standard InChI is InChI=1S/C8H23O9PSi2.2Na.2H/c9-18(16-5-1-3-7-19(10,11)12)17-6-2-4-8-20(13,14)15;;;;/h10-15,18H,1-8H2;;;;. The number of hydrogen-bond acceptors (Lipinski definition) is 9. The molecule has 0 aliphatic heterocycles. The van der Waals surface area contributed by atoms with Crippen LogP contribution in [0.15, 0.2) is 0 Å². The first-order valence-corrected chi connectivity index (χ1v) is 11.6. The fraction of sp³-hybridized carbons (Fsp3) is 1.00. The van der Waals surface area contributed by atoms with Crippen LogP contribution in [0.2, 0.25) is 12.1 Å².